The summed E-state index contributed by atoms with van der Waals surface area (Å²) in [5.41, 5.74) is 12.6. The number of rotatable bonds is 7. The van der Waals surface area contributed by atoms with Gasteiger partial charge in [-0.15, -0.1) is 0 Å². The van der Waals surface area contributed by atoms with Crippen LogP contribution < -0.4 is 35.6 Å². The third-order valence-electron chi connectivity index (χ3n) is 6.26. The molecular weight excluding hydrogens is 476 g/mol. The van der Waals surface area contributed by atoms with Gasteiger partial charge in [-0.2, -0.15) is 4.57 Å². The van der Waals surface area contributed by atoms with Crippen molar-refractivity contribution in [1.82, 2.24) is 0 Å². The number of ether oxygens (including phenoxy) is 1. The SMILES string of the molecule is COc1cc(N)cc2c(Nc3ccc(NC(=O)c4ccc(Nc5cc[n+](C)cc5)cc4)cc3)cc[n+](C)c12. The minimum absolute atomic E-state index is 0.173. The number of anilines is 6. The number of nitrogen functional groups attached to an aromatic ring is 1. The molecule has 0 aliphatic carbocycles. The van der Waals surface area contributed by atoms with Gasteiger partial charge in [0, 0.05) is 52.6 Å². The molecule has 0 fully saturated rings. The van der Waals surface area contributed by atoms with E-state index in [0.717, 1.165) is 33.7 Å². The van der Waals surface area contributed by atoms with Gasteiger partial charge in [0.2, 0.25) is 0 Å². The fourth-order valence-electron chi connectivity index (χ4n) is 4.27. The second-order valence-electron chi connectivity index (χ2n) is 9.07. The maximum absolute atomic E-state index is 12.8. The number of benzene rings is 3. The molecule has 0 aliphatic heterocycles. The molecular formula is C30H30N6O2+2. The van der Waals surface area contributed by atoms with Crippen LogP contribution in [0.4, 0.5) is 34.1 Å². The molecule has 0 spiro atoms. The molecule has 0 aliphatic rings. The molecule has 3 aromatic carbocycles. The van der Waals surface area contributed by atoms with Gasteiger partial charge in [-0.05, 0) is 54.6 Å². The van der Waals surface area contributed by atoms with E-state index >= 15 is 0 Å². The van der Waals surface area contributed by atoms with Crippen molar-refractivity contribution in [3.05, 3.63) is 103 Å². The largest absolute Gasteiger partial charge is 0.490 e. The Morgan fingerprint density at radius 3 is 2.05 bits per heavy atom. The van der Waals surface area contributed by atoms with Crippen LogP contribution in [0.5, 0.6) is 5.75 Å². The normalized spacial score (nSPS) is 10.7. The maximum atomic E-state index is 12.8. The van der Waals surface area contributed by atoms with Gasteiger partial charge >= 0.3 is 0 Å². The number of aromatic nitrogens is 2. The monoisotopic (exact) mass is 506 g/mol. The smallest absolute Gasteiger partial charge is 0.256 e. The van der Waals surface area contributed by atoms with Crippen LogP contribution in [0.15, 0.2) is 97.5 Å². The first-order valence-electron chi connectivity index (χ1n) is 12.2. The lowest BCUT2D eigenvalue weighted by molar-refractivity contribution is -0.671. The Balaban J connectivity index is 1.26. The summed E-state index contributed by atoms with van der Waals surface area (Å²) in [5.74, 6) is 0.537. The molecule has 0 unspecified atom stereocenters. The molecule has 190 valence electrons. The highest BCUT2D eigenvalue weighted by Gasteiger charge is 2.17. The Bertz CT molecular complexity index is 1600. The fraction of sp³-hybridized carbons (Fsp3) is 0.100. The number of carbonyl (C=O) groups is 1. The van der Waals surface area contributed by atoms with Gasteiger partial charge in [0.15, 0.2) is 24.3 Å². The van der Waals surface area contributed by atoms with Gasteiger partial charge in [0.25, 0.3) is 11.4 Å². The van der Waals surface area contributed by atoms with Crippen molar-refractivity contribution >= 4 is 50.9 Å². The number of nitrogens with two attached hydrogens (primary N) is 1. The van der Waals surface area contributed by atoms with E-state index in [1.54, 1.807) is 19.2 Å². The number of methoxy groups -OCH3 is 1. The molecule has 0 saturated carbocycles. The number of carbonyl (C=O) groups excluding carboxylic acids is 1. The van der Waals surface area contributed by atoms with Crippen LogP contribution in [-0.2, 0) is 14.1 Å². The van der Waals surface area contributed by atoms with E-state index in [0.29, 0.717) is 22.7 Å². The van der Waals surface area contributed by atoms with Gasteiger partial charge in [-0.25, -0.2) is 4.57 Å². The van der Waals surface area contributed by atoms with Crippen LogP contribution in [0.1, 0.15) is 10.4 Å². The Morgan fingerprint density at radius 2 is 1.37 bits per heavy atom. The lowest BCUT2D eigenvalue weighted by Crippen LogP contribution is -2.29. The van der Waals surface area contributed by atoms with Gasteiger partial charge in [0.05, 0.1) is 23.9 Å². The number of aryl methyl sites for hydroxylation is 2. The van der Waals surface area contributed by atoms with E-state index in [4.69, 9.17) is 10.5 Å². The highest BCUT2D eigenvalue weighted by Crippen LogP contribution is 2.32. The van der Waals surface area contributed by atoms with Crippen LogP contribution in [0, 0.1) is 0 Å². The average Bonchev–Trinajstić information content (AvgIpc) is 2.92. The topological polar surface area (TPSA) is 96.2 Å². The number of pyridine rings is 2. The maximum Gasteiger partial charge on any atom is 0.256 e. The zero-order valence-corrected chi connectivity index (χ0v) is 21.5. The standard InChI is InChI=1S/C30H28N6O2/c1-35-15-12-25(13-16-35)32-22-6-4-20(5-7-22)30(37)34-24-10-8-23(9-11-24)33-27-14-17-36(2)29-26(27)18-21(31)19-28(29)38-3/h4-19H,31H2,1-3H3,(H,34,37)/p+2. The molecule has 5 N–H and O–H groups in total. The predicted octanol–water partition coefficient (Wildman–Crippen LogP) is 4.82. The summed E-state index contributed by atoms with van der Waals surface area (Å²) in [5, 5.41) is 10.7. The summed E-state index contributed by atoms with van der Waals surface area (Å²) in [7, 11) is 5.58. The second-order valence-corrected chi connectivity index (χ2v) is 9.07. The number of nitrogens with zero attached hydrogens (tertiary/aromatic N) is 2. The molecule has 8 heteroatoms. The number of fused-ring (bicyclic) bond motifs is 1. The number of nitrogens with one attached hydrogen (secondary N) is 3. The average molecular weight is 507 g/mol. The number of hydrogen-bond acceptors (Lipinski definition) is 5. The van der Waals surface area contributed by atoms with Crippen molar-refractivity contribution < 1.29 is 18.7 Å². The Hall–Kier alpha value is -5.11. The molecule has 8 nitrogen and oxygen atoms in total. The lowest BCUT2D eigenvalue weighted by Gasteiger charge is -2.12. The van der Waals surface area contributed by atoms with Crippen molar-refractivity contribution in [2.24, 2.45) is 14.1 Å². The first-order chi connectivity index (χ1) is 18.4. The van der Waals surface area contributed by atoms with Gasteiger partial charge < -0.3 is 26.4 Å². The lowest BCUT2D eigenvalue weighted by atomic mass is 10.1. The minimum atomic E-state index is -0.173. The second kappa shape index (κ2) is 10.5. The molecule has 1 amide bonds. The molecule has 0 radical (unpaired) electrons. The number of hydrogen-bond donors (Lipinski definition) is 4. The molecule has 38 heavy (non-hydrogen) atoms. The van der Waals surface area contributed by atoms with Crippen molar-refractivity contribution in [2.45, 2.75) is 0 Å². The Labute approximate surface area is 221 Å². The summed E-state index contributed by atoms with van der Waals surface area (Å²) in [6.45, 7) is 0. The molecule has 2 heterocycles. The van der Waals surface area contributed by atoms with Crippen LogP contribution in [-0.4, -0.2) is 13.0 Å². The zero-order valence-electron chi connectivity index (χ0n) is 21.5. The summed E-state index contributed by atoms with van der Waals surface area (Å²) >= 11 is 0. The van der Waals surface area contributed by atoms with Gasteiger partial charge in [-0.3, -0.25) is 4.79 Å². The highest BCUT2D eigenvalue weighted by molar-refractivity contribution is 6.04. The first kappa shape index (κ1) is 24.6. The van der Waals surface area contributed by atoms with E-state index < -0.39 is 0 Å². The summed E-state index contributed by atoms with van der Waals surface area (Å²) in [4.78, 5) is 12.8. The van der Waals surface area contributed by atoms with E-state index in [2.05, 4.69) is 16.0 Å². The summed E-state index contributed by atoms with van der Waals surface area (Å²) < 4.78 is 9.52. The first-order valence-corrected chi connectivity index (χ1v) is 12.2. The zero-order chi connectivity index (χ0) is 26.6. The van der Waals surface area contributed by atoms with Crippen molar-refractivity contribution in [2.75, 3.05) is 28.8 Å². The van der Waals surface area contributed by atoms with E-state index in [1.807, 2.05) is 109 Å². The van der Waals surface area contributed by atoms with Crippen LogP contribution >= 0.6 is 0 Å². The molecule has 0 bridgehead atoms. The summed E-state index contributed by atoms with van der Waals surface area (Å²) in [6.07, 6.45) is 5.92. The van der Waals surface area contributed by atoms with Crippen molar-refractivity contribution in [3.8, 4) is 5.75 Å². The van der Waals surface area contributed by atoms with E-state index in [9.17, 15) is 4.79 Å². The predicted molar refractivity (Wildman–Crippen MR) is 151 cm³/mol. The third-order valence-corrected chi connectivity index (χ3v) is 6.26. The van der Waals surface area contributed by atoms with Crippen molar-refractivity contribution in [3.63, 3.8) is 0 Å². The van der Waals surface area contributed by atoms with Crippen LogP contribution in [0.3, 0.4) is 0 Å². The molecule has 5 rings (SSSR count). The van der Waals surface area contributed by atoms with E-state index in [-0.39, 0.29) is 5.91 Å². The quantitative estimate of drug-likeness (QED) is 0.188. The Morgan fingerprint density at radius 1 is 0.763 bits per heavy atom. The molecule has 0 atom stereocenters. The van der Waals surface area contributed by atoms with Crippen LogP contribution in [0.2, 0.25) is 0 Å². The summed E-state index contributed by atoms with van der Waals surface area (Å²) in [6, 6.07) is 24.7. The fourth-order valence-corrected chi connectivity index (χ4v) is 4.27. The molecule has 0 saturated heterocycles. The molecule has 2 aromatic heterocycles. The minimum Gasteiger partial charge on any atom is -0.490 e. The molecule has 5 aromatic rings. The number of amides is 1. The Kier molecular flexibility index (Phi) is 6.78. The van der Waals surface area contributed by atoms with Gasteiger partial charge in [-0.1, -0.05) is 0 Å². The third kappa shape index (κ3) is 5.34. The van der Waals surface area contributed by atoms with E-state index in [1.165, 1.54) is 0 Å². The highest BCUT2D eigenvalue weighted by atomic mass is 16.5. The van der Waals surface area contributed by atoms with Crippen molar-refractivity contribution in [1.29, 1.82) is 0 Å². The van der Waals surface area contributed by atoms with Crippen LogP contribution in [0.25, 0.3) is 10.9 Å². The van der Waals surface area contributed by atoms with Gasteiger partial charge in [0.1, 0.15) is 14.1 Å².